The van der Waals surface area contributed by atoms with E-state index in [-0.39, 0.29) is 5.25 Å². The van der Waals surface area contributed by atoms with Crippen LogP contribution in [0, 0.1) is 0 Å². The van der Waals surface area contributed by atoms with E-state index in [2.05, 4.69) is 19.5 Å². The quantitative estimate of drug-likeness (QED) is 0.336. The molecule has 0 aliphatic carbocycles. The molecule has 4 rings (SSSR count). The standard InChI is InChI=1S/C18H15Cl3N2S.C3H4N2/c19-14-3-1-13(2-4-14)11-24-18(10-23-8-7-22-12-23)16-6-5-15(20)9-17(16)21;1-2-5-3-4-1/h1-9,12,18H,10-11H2;1-3H,(H,4,5). The largest absolute Gasteiger partial charge is 0.351 e. The molecule has 29 heavy (non-hydrogen) atoms. The van der Waals surface area contributed by atoms with Gasteiger partial charge in [-0.05, 0) is 35.4 Å². The van der Waals surface area contributed by atoms with Crippen LogP contribution in [0.5, 0.6) is 0 Å². The van der Waals surface area contributed by atoms with Crippen molar-refractivity contribution in [2.45, 2.75) is 17.5 Å². The van der Waals surface area contributed by atoms with Crippen molar-refractivity contribution in [1.29, 1.82) is 0 Å². The van der Waals surface area contributed by atoms with Crippen LogP contribution in [0.2, 0.25) is 15.1 Å². The first kappa shape index (κ1) is 21.8. The molecule has 1 atom stereocenters. The summed E-state index contributed by atoms with van der Waals surface area (Å²) in [6.45, 7) is 0.791. The number of nitrogens with zero attached hydrogens (tertiary/aromatic N) is 3. The molecule has 0 aliphatic heterocycles. The van der Waals surface area contributed by atoms with E-state index in [0.29, 0.717) is 10.0 Å². The van der Waals surface area contributed by atoms with Gasteiger partial charge in [0.05, 0.1) is 12.7 Å². The Hall–Kier alpha value is -1.92. The average molecular weight is 466 g/mol. The molecule has 8 heteroatoms. The number of nitrogens with one attached hydrogen (secondary N) is 1. The van der Waals surface area contributed by atoms with E-state index in [4.69, 9.17) is 34.8 Å². The van der Waals surface area contributed by atoms with E-state index in [1.54, 1.807) is 31.0 Å². The third kappa shape index (κ3) is 7.12. The van der Waals surface area contributed by atoms with Gasteiger partial charge in [0.25, 0.3) is 0 Å². The Bertz CT molecular complexity index is 957. The number of hydrogen-bond donors (Lipinski definition) is 1. The van der Waals surface area contributed by atoms with Gasteiger partial charge in [-0.2, -0.15) is 0 Å². The van der Waals surface area contributed by atoms with Crippen LogP contribution >= 0.6 is 46.6 Å². The number of aromatic nitrogens is 4. The Balaban J connectivity index is 0.000000419. The number of halogens is 3. The second kappa shape index (κ2) is 11.3. The van der Waals surface area contributed by atoms with Gasteiger partial charge >= 0.3 is 0 Å². The molecule has 0 spiro atoms. The molecule has 1 N–H and O–H groups in total. The summed E-state index contributed by atoms with van der Waals surface area (Å²) in [6, 6.07) is 13.6. The summed E-state index contributed by atoms with van der Waals surface area (Å²) in [4.78, 5) is 10.5. The Kier molecular flexibility index (Phi) is 8.50. The number of rotatable bonds is 6. The van der Waals surface area contributed by atoms with Crippen LogP contribution in [0.4, 0.5) is 0 Å². The van der Waals surface area contributed by atoms with Crippen molar-refractivity contribution in [3.05, 3.63) is 106 Å². The molecular formula is C21H19Cl3N4S. The monoisotopic (exact) mass is 464 g/mol. The maximum absolute atomic E-state index is 6.43. The van der Waals surface area contributed by atoms with E-state index in [1.165, 1.54) is 5.56 Å². The number of H-pyrrole nitrogens is 1. The summed E-state index contributed by atoms with van der Waals surface area (Å²) < 4.78 is 2.06. The van der Waals surface area contributed by atoms with E-state index in [1.807, 2.05) is 60.7 Å². The maximum Gasteiger partial charge on any atom is 0.0946 e. The molecule has 2 aromatic heterocycles. The molecule has 0 saturated heterocycles. The summed E-state index contributed by atoms with van der Waals surface area (Å²) in [5, 5.41) is 2.28. The maximum atomic E-state index is 6.43. The summed E-state index contributed by atoms with van der Waals surface area (Å²) in [5.74, 6) is 0.871. The highest BCUT2D eigenvalue weighted by atomic mass is 35.5. The molecule has 1 unspecified atom stereocenters. The molecule has 4 aromatic rings. The van der Waals surface area contributed by atoms with Gasteiger partial charge in [-0.3, -0.25) is 0 Å². The van der Waals surface area contributed by atoms with Gasteiger partial charge in [-0.25, -0.2) is 9.97 Å². The number of hydrogen-bond acceptors (Lipinski definition) is 3. The van der Waals surface area contributed by atoms with Gasteiger partial charge < -0.3 is 9.55 Å². The minimum absolute atomic E-state index is 0.194. The van der Waals surface area contributed by atoms with Gasteiger partial charge in [-0.1, -0.05) is 53.0 Å². The fourth-order valence-electron chi connectivity index (χ4n) is 2.58. The van der Waals surface area contributed by atoms with E-state index >= 15 is 0 Å². The topological polar surface area (TPSA) is 46.5 Å². The minimum Gasteiger partial charge on any atom is -0.351 e. The van der Waals surface area contributed by atoms with Crippen molar-refractivity contribution in [3.8, 4) is 0 Å². The number of aromatic amines is 1. The van der Waals surface area contributed by atoms with Crippen LogP contribution in [0.3, 0.4) is 0 Å². The molecule has 4 nitrogen and oxygen atoms in total. The first-order valence-electron chi connectivity index (χ1n) is 8.81. The van der Waals surface area contributed by atoms with E-state index in [9.17, 15) is 0 Å². The Morgan fingerprint density at radius 2 is 1.76 bits per heavy atom. The highest BCUT2D eigenvalue weighted by molar-refractivity contribution is 7.98. The van der Waals surface area contributed by atoms with Gasteiger partial charge in [0, 0.05) is 57.4 Å². The molecule has 0 aliphatic rings. The SMILES string of the molecule is Clc1ccc(CSC(Cn2ccnc2)c2ccc(Cl)cc2Cl)cc1.c1c[nH]cn1. The molecule has 0 amide bonds. The van der Waals surface area contributed by atoms with Crippen LogP contribution < -0.4 is 0 Å². The van der Waals surface area contributed by atoms with Crippen molar-refractivity contribution in [2.24, 2.45) is 0 Å². The summed E-state index contributed by atoms with van der Waals surface area (Å²) in [7, 11) is 0. The summed E-state index contributed by atoms with van der Waals surface area (Å²) >= 11 is 20.2. The van der Waals surface area contributed by atoms with Crippen LogP contribution in [-0.2, 0) is 12.3 Å². The molecule has 150 valence electrons. The molecule has 0 saturated carbocycles. The molecular weight excluding hydrogens is 447 g/mol. The second-order valence-electron chi connectivity index (χ2n) is 6.11. The van der Waals surface area contributed by atoms with Crippen molar-refractivity contribution >= 4 is 46.6 Å². The zero-order chi connectivity index (χ0) is 20.5. The van der Waals surface area contributed by atoms with E-state index < -0.39 is 0 Å². The molecule has 0 radical (unpaired) electrons. The lowest BCUT2D eigenvalue weighted by Gasteiger charge is -2.19. The van der Waals surface area contributed by atoms with Gasteiger partial charge in [-0.15, -0.1) is 11.8 Å². The Morgan fingerprint density at radius 1 is 0.966 bits per heavy atom. The average Bonchev–Trinajstić information content (AvgIpc) is 3.43. The fourth-order valence-corrected chi connectivity index (χ4v) is 4.56. The first-order valence-corrected chi connectivity index (χ1v) is 11.0. The smallest absolute Gasteiger partial charge is 0.0946 e. The molecule has 2 aromatic carbocycles. The van der Waals surface area contributed by atoms with Gasteiger partial charge in [0.15, 0.2) is 0 Å². The minimum atomic E-state index is 0.194. The Labute approximate surface area is 189 Å². The van der Waals surface area contributed by atoms with Crippen LogP contribution in [0.25, 0.3) is 0 Å². The Morgan fingerprint density at radius 3 is 2.34 bits per heavy atom. The zero-order valence-electron chi connectivity index (χ0n) is 15.4. The van der Waals surface area contributed by atoms with Gasteiger partial charge in [0.2, 0.25) is 0 Å². The predicted molar refractivity (Wildman–Crippen MR) is 123 cm³/mol. The second-order valence-corrected chi connectivity index (χ2v) is 8.58. The molecule has 0 fully saturated rings. The van der Waals surface area contributed by atoms with E-state index in [0.717, 1.165) is 22.9 Å². The molecule has 0 bridgehead atoms. The zero-order valence-corrected chi connectivity index (χ0v) is 18.5. The highest BCUT2D eigenvalue weighted by Crippen LogP contribution is 2.38. The normalized spacial score (nSPS) is 11.6. The highest BCUT2D eigenvalue weighted by Gasteiger charge is 2.17. The van der Waals surface area contributed by atoms with Crippen molar-refractivity contribution < 1.29 is 0 Å². The lowest BCUT2D eigenvalue weighted by molar-refractivity contribution is 0.683. The van der Waals surface area contributed by atoms with Crippen molar-refractivity contribution in [2.75, 3.05) is 0 Å². The third-order valence-corrected chi connectivity index (χ3v) is 6.14. The molecule has 2 heterocycles. The van der Waals surface area contributed by atoms with Crippen molar-refractivity contribution in [1.82, 2.24) is 19.5 Å². The van der Waals surface area contributed by atoms with Gasteiger partial charge in [0.1, 0.15) is 0 Å². The first-order chi connectivity index (χ1) is 14.1. The summed E-state index contributed by atoms with van der Waals surface area (Å²) in [6.07, 6.45) is 10.6. The number of thioether (sulfide) groups is 1. The van der Waals surface area contributed by atoms with Crippen LogP contribution in [0.1, 0.15) is 16.4 Å². The number of benzene rings is 2. The van der Waals surface area contributed by atoms with Crippen molar-refractivity contribution in [3.63, 3.8) is 0 Å². The lowest BCUT2D eigenvalue weighted by Crippen LogP contribution is -2.06. The third-order valence-electron chi connectivity index (χ3n) is 4.02. The summed E-state index contributed by atoms with van der Waals surface area (Å²) in [5.41, 5.74) is 2.30. The van der Waals surface area contributed by atoms with Crippen LogP contribution in [-0.4, -0.2) is 19.5 Å². The van der Waals surface area contributed by atoms with Crippen LogP contribution in [0.15, 0.2) is 79.9 Å². The predicted octanol–water partition coefficient (Wildman–Crippen LogP) is 6.93. The fraction of sp³-hybridized carbons (Fsp3) is 0.143. The lowest BCUT2D eigenvalue weighted by atomic mass is 10.1. The number of imidazole rings is 2.